The van der Waals surface area contributed by atoms with Crippen LogP contribution in [0.2, 0.25) is 18.1 Å². The van der Waals surface area contributed by atoms with Crippen LogP contribution in [0.15, 0.2) is 24.3 Å². The number of carbonyl (C=O) groups excluding carboxylic acids is 1. The second-order valence-electron chi connectivity index (χ2n) is 7.17. The Balaban J connectivity index is 2.16. The van der Waals surface area contributed by atoms with Crippen LogP contribution in [0.4, 0.5) is 10.5 Å². The summed E-state index contributed by atoms with van der Waals surface area (Å²) >= 11 is 0. The van der Waals surface area contributed by atoms with Crippen LogP contribution in [0, 0.1) is 10.1 Å². The van der Waals surface area contributed by atoms with Crippen molar-refractivity contribution in [1.29, 1.82) is 0 Å². The molecular formula is C17H27NO7Si. The first-order valence-electron chi connectivity index (χ1n) is 8.34. The highest BCUT2D eigenvalue weighted by Gasteiger charge is 2.36. The average Bonchev–Trinajstić information content (AvgIpc) is 2.53. The lowest BCUT2D eigenvalue weighted by molar-refractivity contribution is -0.384. The molecule has 8 nitrogen and oxygen atoms in total. The third kappa shape index (κ3) is 7.50. The molecule has 1 rings (SSSR count). The highest BCUT2D eigenvalue weighted by molar-refractivity contribution is 6.74. The van der Waals surface area contributed by atoms with E-state index in [0.717, 1.165) is 0 Å². The topological polar surface area (TPSA) is 97.1 Å². The van der Waals surface area contributed by atoms with Crippen molar-refractivity contribution in [2.45, 2.75) is 38.9 Å². The molecule has 0 N–H and O–H groups in total. The number of nitro groups is 1. The lowest BCUT2D eigenvalue weighted by atomic mass is 10.2. The van der Waals surface area contributed by atoms with Crippen LogP contribution >= 0.6 is 0 Å². The molecule has 9 heteroatoms. The van der Waals surface area contributed by atoms with Gasteiger partial charge in [0.15, 0.2) is 8.32 Å². The van der Waals surface area contributed by atoms with Gasteiger partial charge in [-0.2, -0.15) is 0 Å². The molecule has 0 amide bonds. The summed E-state index contributed by atoms with van der Waals surface area (Å²) in [4.78, 5) is 21.5. The van der Waals surface area contributed by atoms with Crippen molar-refractivity contribution in [3.63, 3.8) is 0 Å². The fraction of sp³-hybridized carbons (Fsp3) is 0.588. The summed E-state index contributed by atoms with van der Waals surface area (Å²) in [6.45, 7) is 12.1. The van der Waals surface area contributed by atoms with E-state index in [4.69, 9.17) is 18.6 Å². The predicted octanol–water partition coefficient (Wildman–Crippen LogP) is 4.15. The maximum atomic E-state index is 11.5. The first-order chi connectivity index (χ1) is 12.0. The van der Waals surface area contributed by atoms with Gasteiger partial charge in [-0.05, 0) is 30.3 Å². The number of rotatable bonds is 9. The Morgan fingerprint density at radius 2 is 1.65 bits per heavy atom. The Morgan fingerprint density at radius 3 is 2.19 bits per heavy atom. The second-order valence-corrected chi connectivity index (χ2v) is 12.0. The molecule has 0 saturated carbocycles. The minimum absolute atomic E-state index is 0.0475. The van der Waals surface area contributed by atoms with Crippen molar-refractivity contribution in [2.24, 2.45) is 0 Å². The molecule has 0 bridgehead atoms. The molecule has 0 aliphatic heterocycles. The van der Waals surface area contributed by atoms with E-state index in [9.17, 15) is 14.9 Å². The predicted molar refractivity (Wildman–Crippen MR) is 99.0 cm³/mol. The van der Waals surface area contributed by atoms with E-state index in [2.05, 4.69) is 33.9 Å². The zero-order chi connectivity index (χ0) is 19.8. The third-order valence-corrected chi connectivity index (χ3v) is 8.73. The van der Waals surface area contributed by atoms with Crippen LogP contribution in [0.3, 0.4) is 0 Å². The molecule has 0 aliphatic rings. The molecule has 0 radical (unpaired) electrons. The van der Waals surface area contributed by atoms with E-state index in [1.165, 1.54) is 24.3 Å². The molecule has 0 fully saturated rings. The molecule has 0 atom stereocenters. The number of hydrogen-bond donors (Lipinski definition) is 0. The number of hydrogen-bond acceptors (Lipinski definition) is 7. The fourth-order valence-corrected chi connectivity index (χ4v) is 2.65. The first kappa shape index (κ1) is 22.1. The number of carbonyl (C=O) groups is 1. The average molecular weight is 385 g/mol. The van der Waals surface area contributed by atoms with Crippen molar-refractivity contribution >= 4 is 20.2 Å². The lowest BCUT2D eigenvalue weighted by Crippen LogP contribution is -2.41. The van der Waals surface area contributed by atoms with Gasteiger partial charge in [0, 0.05) is 12.1 Å². The molecule has 0 unspecified atom stereocenters. The van der Waals surface area contributed by atoms with Gasteiger partial charge >= 0.3 is 6.16 Å². The Morgan fingerprint density at radius 1 is 1.08 bits per heavy atom. The number of nitrogens with zero attached hydrogens (tertiary/aromatic N) is 1. The monoisotopic (exact) mass is 385 g/mol. The van der Waals surface area contributed by atoms with Gasteiger partial charge in [-0.25, -0.2) is 4.79 Å². The molecule has 0 spiro atoms. The number of benzene rings is 1. The molecule has 0 saturated heterocycles. The van der Waals surface area contributed by atoms with E-state index < -0.39 is 19.4 Å². The van der Waals surface area contributed by atoms with Crippen LogP contribution in [0.25, 0.3) is 0 Å². The minimum Gasteiger partial charge on any atom is -0.432 e. The zero-order valence-corrected chi connectivity index (χ0v) is 16.9. The Hall–Kier alpha value is -1.97. The highest BCUT2D eigenvalue weighted by Crippen LogP contribution is 2.36. The summed E-state index contributed by atoms with van der Waals surface area (Å²) in [7, 11) is -1.77. The maximum absolute atomic E-state index is 11.5. The van der Waals surface area contributed by atoms with Crippen LogP contribution in [-0.2, 0) is 13.9 Å². The van der Waals surface area contributed by atoms with Crippen molar-refractivity contribution < 1.29 is 28.4 Å². The van der Waals surface area contributed by atoms with Crippen molar-refractivity contribution in [3.8, 4) is 5.75 Å². The van der Waals surface area contributed by atoms with Crippen molar-refractivity contribution in [1.82, 2.24) is 0 Å². The van der Waals surface area contributed by atoms with Crippen LogP contribution in [-0.4, -0.2) is 45.8 Å². The molecular weight excluding hydrogens is 358 g/mol. The lowest BCUT2D eigenvalue weighted by Gasteiger charge is -2.36. The summed E-state index contributed by atoms with van der Waals surface area (Å²) in [5.41, 5.74) is -0.0842. The van der Waals surface area contributed by atoms with E-state index in [0.29, 0.717) is 13.2 Å². The fourth-order valence-electron chi connectivity index (χ4n) is 1.62. The first-order valence-corrected chi connectivity index (χ1v) is 11.2. The van der Waals surface area contributed by atoms with E-state index in [1.54, 1.807) is 0 Å². The van der Waals surface area contributed by atoms with Crippen molar-refractivity contribution in [2.75, 3.05) is 26.4 Å². The molecule has 0 aromatic heterocycles. The van der Waals surface area contributed by atoms with Gasteiger partial charge in [0.2, 0.25) is 0 Å². The van der Waals surface area contributed by atoms with Gasteiger partial charge in [0.25, 0.3) is 5.69 Å². The van der Waals surface area contributed by atoms with Gasteiger partial charge in [-0.3, -0.25) is 10.1 Å². The summed E-state index contributed by atoms with van der Waals surface area (Å²) in [5.74, 6) is 0.171. The van der Waals surface area contributed by atoms with Gasteiger partial charge in [-0.1, -0.05) is 20.8 Å². The van der Waals surface area contributed by atoms with Gasteiger partial charge in [0.05, 0.1) is 24.7 Å². The maximum Gasteiger partial charge on any atom is 0.513 e. The summed E-state index contributed by atoms with van der Waals surface area (Å²) < 4.78 is 21.1. The van der Waals surface area contributed by atoms with Gasteiger partial charge < -0.3 is 18.6 Å². The molecule has 26 heavy (non-hydrogen) atoms. The number of ether oxygens (including phenoxy) is 3. The number of nitro benzene ring substituents is 1. The quantitative estimate of drug-likeness (QED) is 0.157. The summed E-state index contributed by atoms with van der Waals surface area (Å²) in [5, 5.41) is 10.7. The second kappa shape index (κ2) is 9.65. The van der Waals surface area contributed by atoms with E-state index >= 15 is 0 Å². The van der Waals surface area contributed by atoms with Crippen LogP contribution < -0.4 is 4.74 Å². The van der Waals surface area contributed by atoms with E-state index in [1.807, 2.05) is 0 Å². The zero-order valence-electron chi connectivity index (χ0n) is 15.9. The molecule has 1 aromatic rings. The molecule has 0 heterocycles. The van der Waals surface area contributed by atoms with Gasteiger partial charge in [0.1, 0.15) is 12.4 Å². The van der Waals surface area contributed by atoms with Crippen LogP contribution in [0.5, 0.6) is 5.75 Å². The smallest absolute Gasteiger partial charge is 0.432 e. The minimum atomic E-state index is -1.77. The largest absolute Gasteiger partial charge is 0.513 e. The van der Waals surface area contributed by atoms with E-state index in [-0.39, 0.29) is 29.7 Å². The summed E-state index contributed by atoms with van der Waals surface area (Å²) in [6, 6.07) is 5.14. The molecule has 146 valence electrons. The third-order valence-electron chi connectivity index (χ3n) is 4.19. The summed E-state index contributed by atoms with van der Waals surface area (Å²) in [6.07, 6.45) is -0.889. The number of non-ortho nitro benzene ring substituents is 1. The molecule has 0 aliphatic carbocycles. The Bertz CT molecular complexity index is 596. The van der Waals surface area contributed by atoms with Gasteiger partial charge in [-0.15, -0.1) is 0 Å². The normalized spacial score (nSPS) is 11.9. The standard InChI is InChI=1S/C17H27NO7Si/c1-17(2,3)26(4,5)24-13-11-22-10-12-23-16(19)25-15-8-6-14(7-9-15)18(20)21/h6-9H,10-13H2,1-5H3. The Kier molecular flexibility index (Phi) is 8.19. The van der Waals surface area contributed by atoms with Crippen molar-refractivity contribution in [3.05, 3.63) is 34.4 Å². The molecule has 1 aromatic carbocycles. The Labute approximate surface area is 154 Å². The van der Waals surface area contributed by atoms with Crippen LogP contribution in [0.1, 0.15) is 20.8 Å². The SMILES string of the molecule is CC(C)(C)[Si](C)(C)OCCOCCOC(=O)Oc1ccc([N+](=O)[O-])cc1. The highest BCUT2D eigenvalue weighted by atomic mass is 28.4.